The number of unbranched alkanes of at least 4 members (excludes halogenated alkanes) is 5. The molecule has 0 atom stereocenters. The molecular weight excluding hydrogens is 396 g/mol. The first-order chi connectivity index (χ1) is 14.7. The highest BCUT2D eigenvalue weighted by Crippen LogP contribution is 2.32. The molecule has 0 saturated heterocycles. The average molecular weight is 425 g/mol. The van der Waals surface area contributed by atoms with Crippen molar-refractivity contribution >= 4 is 28.2 Å². The first-order valence-corrected chi connectivity index (χ1v) is 11.3. The van der Waals surface area contributed by atoms with Gasteiger partial charge in [0.05, 0.1) is 18.0 Å². The number of nitrogens with two attached hydrogens (primary N) is 1. The number of nitrogens with zero attached hydrogens (tertiary/aromatic N) is 3. The van der Waals surface area contributed by atoms with Crippen LogP contribution in [-0.2, 0) is 0 Å². The molecule has 0 fully saturated rings. The Bertz CT molecular complexity index is 912. The number of amides is 2. The first-order valence-electron chi connectivity index (χ1n) is 10.4. The number of rotatable bonds is 11. The van der Waals surface area contributed by atoms with E-state index in [1.807, 2.05) is 41.8 Å². The normalized spacial score (nSPS) is 10.7. The van der Waals surface area contributed by atoms with E-state index in [2.05, 4.69) is 16.9 Å². The SMILES string of the molecule is CCCCCCCCOc1ccc(N(C(N)=O)c2nc(-c3ccncc3)cs2)cc1. The van der Waals surface area contributed by atoms with E-state index in [4.69, 9.17) is 10.5 Å². The van der Waals surface area contributed by atoms with E-state index in [0.29, 0.717) is 17.4 Å². The van der Waals surface area contributed by atoms with E-state index in [9.17, 15) is 4.79 Å². The van der Waals surface area contributed by atoms with Crippen LogP contribution in [0.25, 0.3) is 11.3 Å². The van der Waals surface area contributed by atoms with Gasteiger partial charge in [0.15, 0.2) is 5.13 Å². The molecular formula is C23H28N4O2S. The predicted octanol–water partition coefficient (Wildman–Crippen LogP) is 6.16. The summed E-state index contributed by atoms with van der Waals surface area (Å²) in [5.74, 6) is 0.786. The summed E-state index contributed by atoms with van der Waals surface area (Å²) >= 11 is 1.37. The maximum Gasteiger partial charge on any atom is 0.325 e. The lowest BCUT2D eigenvalue weighted by molar-refractivity contribution is 0.256. The lowest BCUT2D eigenvalue weighted by atomic mass is 10.1. The maximum absolute atomic E-state index is 12.1. The molecule has 0 saturated carbocycles. The van der Waals surface area contributed by atoms with E-state index in [0.717, 1.165) is 23.4 Å². The second-order valence-electron chi connectivity index (χ2n) is 7.03. The molecule has 2 heterocycles. The average Bonchev–Trinajstić information content (AvgIpc) is 3.24. The highest BCUT2D eigenvalue weighted by atomic mass is 32.1. The molecule has 7 heteroatoms. The van der Waals surface area contributed by atoms with Crippen LogP contribution in [0, 0.1) is 0 Å². The number of carbonyl (C=O) groups is 1. The molecule has 30 heavy (non-hydrogen) atoms. The van der Waals surface area contributed by atoms with Crippen LogP contribution in [0.1, 0.15) is 45.4 Å². The van der Waals surface area contributed by atoms with Gasteiger partial charge in [0.1, 0.15) is 5.75 Å². The largest absolute Gasteiger partial charge is 0.494 e. The molecule has 0 bridgehead atoms. The third-order valence-electron chi connectivity index (χ3n) is 4.74. The van der Waals surface area contributed by atoms with Crippen LogP contribution in [0.5, 0.6) is 5.75 Å². The fourth-order valence-corrected chi connectivity index (χ4v) is 3.98. The van der Waals surface area contributed by atoms with Crippen molar-refractivity contribution in [2.24, 2.45) is 5.73 Å². The Labute approximate surface area is 181 Å². The zero-order valence-corrected chi connectivity index (χ0v) is 18.1. The number of pyridine rings is 1. The highest BCUT2D eigenvalue weighted by Gasteiger charge is 2.19. The van der Waals surface area contributed by atoms with Crippen LogP contribution in [0.2, 0.25) is 0 Å². The van der Waals surface area contributed by atoms with Gasteiger partial charge in [-0.3, -0.25) is 4.98 Å². The van der Waals surface area contributed by atoms with Gasteiger partial charge in [-0.05, 0) is 42.8 Å². The van der Waals surface area contributed by atoms with E-state index < -0.39 is 6.03 Å². The number of urea groups is 1. The van der Waals surface area contributed by atoms with Crippen LogP contribution in [0.15, 0.2) is 54.2 Å². The van der Waals surface area contributed by atoms with E-state index in [1.54, 1.807) is 12.4 Å². The predicted molar refractivity (Wildman–Crippen MR) is 122 cm³/mol. The zero-order valence-electron chi connectivity index (χ0n) is 17.3. The van der Waals surface area contributed by atoms with Crippen LogP contribution >= 0.6 is 11.3 Å². The van der Waals surface area contributed by atoms with Crippen LogP contribution in [0.4, 0.5) is 15.6 Å². The molecule has 0 aliphatic carbocycles. The highest BCUT2D eigenvalue weighted by molar-refractivity contribution is 7.14. The number of hydrogen-bond donors (Lipinski definition) is 1. The Morgan fingerprint density at radius 2 is 1.73 bits per heavy atom. The van der Waals surface area contributed by atoms with E-state index in [1.165, 1.54) is 48.3 Å². The van der Waals surface area contributed by atoms with Crippen molar-refractivity contribution in [3.8, 4) is 17.0 Å². The maximum atomic E-state index is 12.1. The number of carbonyl (C=O) groups excluding carboxylic acids is 1. The molecule has 2 N–H and O–H groups in total. The minimum absolute atomic E-state index is 0.523. The monoisotopic (exact) mass is 424 g/mol. The van der Waals surface area contributed by atoms with E-state index in [-0.39, 0.29) is 0 Å². The molecule has 0 unspecified atom stereocenters. The van der Waals surface area contributed by atoms with Gasteiger partial charge in [0.25, 0.3) is 0 Å². The van der Waals surface area contributed by atoms with Gasteiger partial charge < -0.3 is 10.5 Å². The Hall–Kier alpha value is -2.93. The molecule has 0 aliphatic heterocycles. The zero-order chi connectivity index (χ0) is 21.2. The molecule has 2 aromatic heterocycles. The standard InChI is InChI=1S/C23H28N4O2S/c1-2-3-4-5-6-7-16-29-20-10-8-19(9-11-20)27(22(24)28)23-26-21(17-30-23)18-12-14-25-15-13-18/h8-15,17H,2-7,16H2,1H3,(H2,24,28). The lowest BCUT2D eigenvalue weighted by Gasteiger charge is -2.17. The van der Waals surface area contributed by atoms with Crippen LogP contribution in [-0.4, -0.2) is 22.6 Å². The number of benzene rings is 1. The molecule has 0 radical (unpaired) electrons. The number of hydrogen-bond acceptors (Lipinski definition) is 5. The number of thiazole rings is 1. The quantitative estimate of drug-likeness (QED) is 0.374. The summed E-state index contributed by atoms with van der Waals surface area (Å²) in [7, 11) is 0. The van der Waals surface area contributed by atoms with Gasteiger partial charge in [-0.25, -0.2) is 14.7 Å². The topological polar surface area (TPSA) is 81.3 Å². The van der Waals surface area contributed by atoms with Crippen LogP contribution in [0.3, 0.4) is 0 Å². The summed E-state index contributed by atoms with van der Waals surface area (Å²) in [6.45, 7) is 2.92. The van der Waals surface area contributed by atoms with Gasteiger partial charge in [-0.15, -0.1) is 11.3 Å². The van der Waals surface area contributed by atoms with Gasteiger partial charge in [-0.2, -0.15) is 0 Å². The number of anilines is 2. The third-order valence-corrected chi connectivity index (χ3v) is 5.57. The van der Waals surface area contributed by atoms with Gasteiger partial charge in [-0.1, -0.05) is 39.0 Å². The van der Waals surface area contributed by atoms with Crippen molar-refractivity contribution in [1.82, 2.24) is 9.97 Å². The van der Waals surface area contributed by atoms with Crippen molar-refractivity contribution in [2.75, 3.05) is 11.5 Å². The van der Waals surface area contributed by atoms with Crippen molar-refractivity contribution in [3.63, 3.8) is 0 Å². The fourth-order valence-electron chi connectivity index (χ4n) is 3.12. The van der Waals surface area contributed by atoms with Crippen molar-refractivity contribution in [3.05, 3.63) is 54.2 Å². The van der Waals surface area contributed by atoms with Gasteiger partial charge in [0, 0.05) is 23.3 Å². The summed E-state index contributed by atoms with van der Waals surface area (Å²) in [6, 6.07) is 10.6. The molecule has 158 valence electrons. The van der Waals surface area contributed by atoms with Crippen molar-refractivity contribution < 1.29 is 9.53 Å². The summed E-state index contributed by atoms with van der Waals surface area (Å²) in [6.07, 6.45) is 10.8. The molecule has 2 amide bonds. The molecule has 0 spiro atoms. The van der Waals surface area contributed by atoms with Crippen LogP contribution < -0.4 is 15.4 Å². The second-order valence-corrected chi connectivity index (χ2v) is 7.87. The first kappa shape index (κ1) is 21.8. The number of ether oxygens (including phenoxy) is 1. The number of aromatic nitrogens is 2. The Kier molecular flexibility index (Phi) is 8.20. The third kappa shape index (κ3) is 6.03. The van der Waals surface area contributed by atoms with Crippen molar-refractivity contribution in [2.45, 2.75) is 45.4 Å². The number of primary amides is 1. The summed E-state index contributed by atoms with van der Waals surface area (Å²) in [5.41, 5.74) is 8.03. The Morgan fingerprint density at radius 3 is 2.43 bits per heavy atom. The minimum Gasteiger partial charge on any atom is -0.494 e. The van der Waals surface area contributed by atoms with Crippen molar-refractivity contribution in [1.29, 1.82) is 0 Å². The molecule has 3 rings (SSSR count). The Balaban J connectivity index is 1.60. The van der Waals surface area contributed by atoms with Gasteiger partial charge >= 0.3 is 6.03 Å². The summed E-state index contributed by atoms with van der Waals surface area (Å²) < 4.78 is 5.82. The summed E-state index contributed by atoms with van der Waals surface area (Å²) in [4.78, 5) is 22.1. The second kappa shape index (κ2) is 11.3. The van der Waals surface area contributed by atoms with E-state index >= 15 is 0 Å². The molecule has 0 aliphatic rings. The fraction of sp³-hybridized carbons (Fsp3) is 0.348. The molecule has 1 aromatic carbocycles. The lowest BCUT2D eigenvalue weighted by Crippen LogP contribution is -2.31. The Morgan fingerprint density at radius 1 is 1.03 bits per heavy atom. The minimum atomic E-state index is -0.577. The van der Waals surface area contributed by atoms with Gasteiger partial charge in [0.2, 0.25) is 0 Å². The smallest absolute Gasteiger partial charge is 0.325 e. The molecule has 6 nitrogen and oxygen atoms in total. The summed E-state index contributed by atoms with van der Waals surface area (Å²) in [5, 5.41) is 2.42. The molecule has 3 aromatic rings.